The molecular formula is C17H24N2O2. The van der Waals surface area contributed by atoms with E-state index in [1.165, 1.54) is 24.0 Å². The molecule has 3 rings (SSSR count). The van der Waals surface area contributed by atoms with Gasteiger partial charge in [0.2, 0.25) is 0 Å². The summed E-state index contributed by atoms with van der Waals surface area (Å²) >= 11 is 0. The Morgan fingerprint density at radius 3 is 2.95 bits per heavy atom. The summed E-state index contributed by atoms with van der Waals surface area (Å²) in [4.78, 5) is 11.6. The smallest absolute Gasteiger partial charge is 0.258 e. The Hall–Kier alpha value is -1.55. The second-order valence-corrected chi connectivity index (χ2v) is 5.99. The Balaban J connectivity index is 1.60. The van der Waals surface area contributed by atoms with Crippen LogP contribution in [-0.2, 0) is 11.2 Å². The van der Waals surface area contributed by atoms with Gasteiger partial charge < -0.3 is 15.4 Å². The molecule has 114 valence electrons. The van der Waals surface area contributed by atoms with Crippen molar-refractivity contribution in [1.82, 2.24) is 10.6 Å². The molecule has 2 N–H and O–H groups in total. The van der Waals surface area contributed by atoms with Gasteiger partial charge in [0, 0.05) is 12.1 Å². The van der Waals surface area contributed by atoms with Crippen LogP contribution in [-0.4, -0.2) is 25.1 Å². The maximum atomic E-state index is 11.6. The molecule has 1 aromatic carbocycles. The highest BCUT2D eigenvalue weighted by atomic mass is 16.5. The predicted molar refractivity (Wildman–Crippen MR) is 82.5 cm³/mol. The van der Waals surface area contributed by atoms with E-state index in [-0.39, 0.29) is 12.5 Å². The molecule has 4 heteroatoms. The van der Waals surface area contributed by atoms with Crippen molar-refractivity contribution in [1.29, 1.82) is 0 Å². The number of carbonyl (C=O) groups is 1. The van der Waals surface area contributed by atoms with Gasteiger partial charge in [-0.3, -0.25) is 4.79 Å². The lowest BCUT2D eigenvalue weighted by Gasteiger charge is -2.26. The topological polar surface area (TPSA) is 50.4 Å². The second-order valence-electron chi connectivity index (χ2n) is 5.99. The third-order valence-electron chi connectivity index (χ3n) is 4.19. The fourth-order valence-corrected chi connectivity index (χ4v) is 2.98. The van der Waals surface area contributed by atoms with Crippen LogP contribution in [0.3, 0.4) is 0 Å². The van der Waals surface area contributed by atoms with E-state index >= 15 is 0 Å². The summed E-state index contributed by atoms with van der Waals surface area (Å²) in [6.07, 6.45) is 5.72. The van der Waals surface area contributed by atoms with Gasteiger partial charge in [-0.2, -0.15) is 0 Å². The third kappa shape index (κ3) is 3.76. The van der Waals surface area contributed by atoms with Gasteiger partial charge in [0.25, 0.3) is 5.91 Å². The third-order valence-corrected chi connectivity index (χ3v) is 4.19. The molecule has 0 aromatic heterocycles. The molecule has 1 saturated carbocycles. The molecule has 0 bridgehead atoms. The molecule has 0 spiro atoms. The first-order valence-electron chi connectivity index (χ1n) is 8.04. The van der Waals surface area contributed by atoms with Crippen LogP contribution in [0.4, 0.5) is 0 Å². The van der Waals surface area contributed by atoms with Crippen LogP contribution in [0.25, 0.3) is 0 Å². The van der Waals surface area contributed by atoms with E-state index in [4.69, 9.17) is 4.74 Å². The van der Waals surface area contributed by atoms with E-state index in [9.17, 15) is 4.79 Å². The highest BCUT2D eigenvalue weighted by molar-refractivity contribution is 5.78. The van der Waals surface area contributed by atoms with E-state index < -0.39 is 0 Å². The van der Waals surface area contributed by atoms with Crippen molar-refractivity contribution >= 4 is 5.91 Å². The maximum Gasteiger partial charge on any atom is 0.258 e. The van der Waals surface area contributed by atoms with E-state index in [0.29, 0.717) is 12.1 Å². The normalized spacial score (nSPS) is 20.7. The molecule has 0 saturated heterocycles. The zero-order valence-corrected chi connectivity index (χ0v) is 12.7. The number of carbonyl (C=O) groups excluding carboxylic acids is 1. The number of fused-ring (bicyclic) bond motifs is 1. The molecule has 4 nitrogen and oxygen atoms in total. The van der Waals surface area contributed by atoms with Gasteiger partial charge in [-0.15, -0.1) is 0 Å². The van der Waals surface area contributed by atoms with E-state index in [0.717, 1.165) is 31.6 Å². The minimum atomic E-state index is -0.0132. The Morgan fingerprint density at radius 1 is 1.33 bits per heavy atom. The van der Waals surface area contributed by atoms with Crippen LogP contribution < -0.4 is 15.4 Å². The Bertz CT molecular complexity index is 512. The van der Waals surface area contributed by atoms with E-state index in [1.807, 2.05) is 6.07 Å². The molecule has 1 fully saturated rings. The molecular weight excluding hydrogens is 264 g/mol. The first kappa shape index (κ1) is 14.4. The monoisotopic (exact) mass is 288 g/mol. The molecule has 21 heavy (non-hydrogen) atoms. The molecule has 1 amide bonds. The molecule has 0 radical (unpaired) electrons. The predicted octanol–water partition coefficient (Wildman–Crippen LogP) is 2.33. The average Bonchev–Trinajstić information content (AvgIpc) is 3.29. The molecule has 2 aliphatic carbocycles. The van der Waals surface area contributed by atoms with Crippen molar-refractivity contribution in [2.45, 2.75) is 51.1 Å². The first-order valence-corrected chi connectivity index (χ1v) is 8.04. The summed E-state index contributed by atoms with van der Waals surface area (Å²) in [5.74, 6) is 0.789. The van der Waals surface area contributed by atoms with Crippen molar-refractivity contribution in [3.8, 4) is 5.75 Å². The minimum Gasteiger partial charge on any atom is -0.484 e. The zero-order chi connectivity index (χ0) is 14.7. The SMILES string of the molecule is CCNC1CCCc2cc(OCC(=O)NC3CC3)ccc21. The zero-order valence-electron chi connectivity index (χ0n) is 12.7. The summed E-state index contributed by atoms with van der Waals surface area (Å²) in [6.45, 7) is 3.25. The Labute approximate surface area is 126 Å². The van der Waals surface area contributed by atoms with E-state index in [2.05, 4.69) is 29.7 Å². The molecule has 0 heterocycles. The Morgan fingerprint density at radius 2 is 2.19 bits per heavy atom. The molecule has 1 aromatic rings. The highest BCUT2D eigenvalue weighted by Gasteiger charge is 2.23. The summed E-state index contributed by atoms with van der Waals surface area (Å²) < 4.78 is 5.63. The van der Waals surface area contributed by atoms with E-state index in [1.54, 1.807) is 0 Å². The summed E-state index contributed by atoms with van der Waals surface area (Å²) in [7, 11) is 0. The molecule has 2 aliphatic rings. The van der Waals surface area contributed by atoms with Crippen molar-refractivity contribution in [2.24, 2.45) is 0 Å². The molecule has 1 unspecified atom stereocenters. The van der Waals surface area contributed by atoms with Crippen LogP contribution >= 0.6 is 0 Å². The number of rotatable bonds is 6. The van der Waals surface area contributed by atoms with Gasteiger partial charge in [-0.25, -0.2) is 0 Å². The van der Waals surface area contributed by atoms with Gasteiger partial charge in [-0.1, -0.05) is 13.0 Å². The van der Waals surface area contributed by atoms with Crippen LogP contribution in [0, 0.1) is 0 Å². The summed E-state index contributed by atoms with van der Waals surface area (Å²) in [5.41, 5.74) is 2.74. The number of amides is 1. The number of hydrogen-bond donors (Lipinski definition) is 2. The lowest BCUT2D eigenvalue weighted by atomic mass is 9.87. The van der Waals surface area contributed by atoms with Crippen LogP contribution in [0.5, 0.6) is 5.75 Å². The van der Waals surface area contributed by atoms with Crippen molar-refractivity contribution in [3.63, 3.8) is 0 Å². The Kier molecular flexibility index (Phi) is 4.44. The van der Waals surface area contributed by atoms with Gasteiger partial charge in [-0.05, 0) is 61.9 Å². The van der Waals surface area contributed by atoms with Gasteiger partial charge >= 0.3 is 0 Å². The van der Waals surface area contributed by atoms with Crippen molar-refractivity contribution in [2.75, 3.05) is 13.2 Å². The van der Waals surface area contributed by atoms with Crippen molar-refractivity contribution in [3.05, 3.63) is 29.3 Å². The standard InChI is InChI=1S/C17H24N2O2/c1-2-18-16-5-3-4-12-10-14(8-9-15(12)16)21-11-17(20)19-13-6-7-13/h8-10,13,16,18H,2-7,11H2,1H3,(H,19,20). The first-order chi connectivity index (χ1) is 10.3. The quantitative estimate of drug-likeness (QED) is 0.844. The number of hydrogen-bond acceptors (Lipinski definition) is 3. The number of aryl methyl sites for hydroxylation is 1. The fourth-order valence-electron chi connectivity index (χ4n) is 2.98. The largest absolute Gasteiger partial charge is 0.484 e. The fraction of sp³-hybridized carbons (Fsp3) is 0.588. The molecule has 1 atom stereocenters. The van der Waals surface area contributed by atoms with Crippen LogP contribution in [0.15, 0.2) is 18.2 Å². The number of nitrogens with one attached hydrogen (secondary N) is 2. The average molecular weight is 288 g/mol. The van der Waals surface area contributed by atoms with Crippen molar-refractivity contribution < 1.29 is 9.53 Å². The van der Waals surface area contributed by atoms with Crippen LogP contribution in [0.2, 0.25) is 0 Å². The lowest BCUT2D eigenvalue weighted by molar-refractivity contribution is -0.123. The number of ether oxygens (including phenoxy) is 1. The second kappa shape index (κ2) is 6.48. The summed E-state index contributed by atoms with van der Waals surface area (Å²) in [5, 5.41) is 6.47. The van der Waals surface area contributed by atoms with Crippen LogP contribution in [0.1, 0.15) is 49.8 Å². The maximum absolute atomic E-state index is 11.6. The molecule has 0 aliphatic heterocycles. The van der Waals surface area contributed by atoms with Gasteiger partial charge in [0.1, 0.15) is 5.75 Å². The summed E-state index contributed by atoms with van der Waals surface area (Å²) in [6, 6.07) is 7.09. The van der Waals surface area contributed by atoms with Gasteiger partial charge in [0.15, 0.2) is 6.61 Å². The minimum absolute atomic E-state index is 0.0132. The number of benzene rings is 1. The van der Waals surface area contributed by atoms with Gasteiger partial charge in [0.05, 0.1) is 0 Å². The lowest BCUT2D eigenvalue weighted by Crippen LogP contribution is -2.30. The highest BCUT2D eigenvalue weighted by Crippen LogP contribution is 2.32.